The maximum atomic E-state index is 13.8. The fraction of sp³-hybridized carbons (Fsp3) is 0.333. The van der Waals surface area contributed by atoms with Crippen molar-refractivity contribution in [2.75, 3.05) is 30.4 Å². The second-order valence-electron chi connectivity index (χ2n) is 6.02. The van der Waals surface area contributed by atoms with Crippen molar-refractivity contribution >= 4 is 17.5 Å². The Bertz CT molecular complexity index is 754. The number of halogens is 1. The van der Waals surface area contributed by atoms with E-state index in [1.807, 2.05) is 18.2 Å². The molecule has 1 saturated heterocycles. The highest BCUT2D eigenvalue weighted by Crippen LogP contribution is 2.25. The summed E-state index contributed by atoms with van der Waals surface area (Å²) in [4.78, 5) is 18.7. The zero-order valence-electron chi connectivity index (χ0n) is 14.3. The molecule has 1 aromatic carbocycles. The number of pyridine rings is 1. The first-order chi connectivity index (χ1) is 12.1. The van der Waals surface area contributed by atoms with E-state index in [4.69, 9.17) is 4.74 Å². The molecule has 2 N–H and O–H groups in total. The first-order valence-electron chi connectivity index (χ1n) is 8.14. The highest BCUT2D eigenvalue weighted by atomic mass is 19.1. The molecule has 1 unspecified atom stereocenters. The molecule has 2 amide bonds. The third-order valence-electron chi connectivity index (χ3n) is 4.24. The topological polar surface area (TPSA) is 66.5 Å². The maximum Gasteiger partial charge on any atom is 0.319 e. The van der Waals surface area contributed by atoms with Gasteiger partial charge in [0, 0.05) is 37.1 Å². The van der Waals surface area contributed by atoms with Gasteiger partial charge in [-0.3, -0.25) is 0 Å². The summed E-state index contributed by atoms with van der Waals surface area (Å²) in [5.74, 6) is 0.552. The number of urea groups is 1. The van der Waals surface area contributed by atoms with Gasteiger partial charge in [0.05, 0.1) is 7.11 Å². The monoisotopic (exact) mass is 344 g/mol. The van der Waals surface area contributed by atoms with Gasteiger partial charge in [-0.2, -0.15) is 0 Å². The van der Waals surface area contributed by atoms with Gasteiger partial charge >= 0.3 is 6.03 Å². The standard InChI is InChI=1S/C18H21FN4O2/c1-12-9-16(25-2)14(19)10-15(12)22-18(24)21-13-6-8-23(11-13)17-5-3-4-7-20-17/h3-5,7,9-10,13H,6,8,11H2,1-2H3,(H2,21,22,24). The van der Waals surface area contributed by atoms with Crippen LogP contribution < -0.4 is 20.3 Å². The number of hydrogen-bond donors (Lipinski definition) is 2. The highest BCUT2D eigenvalue weighted by molar-refractivity contribution is 5.90. The minimum atomic E-state index is -0.509. The largest absolute Gasteiger partial charge is 0.494 e. The van der Waals surface area contributed by atoms with Gasteiger partial charge in [-0.25, -0.2) is 14.2 Å². The number of nitrogens with zero attached hydrogens (tertiary/aromatic N) is 2. The molecule has 2 aromatic rings. The van der Waals surface area contributed by atoms with Crippen LogP contribution in [-0.2, 0) is 0 Å². The van der Waals surface area contributed by atoms with Gasteiger partial charge in [-0.15, -0.1) is 0 Å². The number of benzene rings is 1. The van der Waals surface area contributed by atoms with Crippen molar-refractivity contribution in [2.24, 2.45) is 0 Å². The van der Waals surface area contributed by atoms with Gasteiger partial charge in [0.2, 0.25) is 0 Å². The average molecular weight is 344 g/mol. The number of anilines is 2. The SMILES string of the molecule is COc1cc(C)c(NC(=O)NC2CCN(c3ccccn3)C2)cc1F. The second-order valence-corrected chi connectivity index (χ2v) is 6.02. The summed E-state index contributed by atoms with van der Waals surface area (Å²) in [6, 6.07) is 8.26. The Morgan fingerprint density at radius 2 is 2.24 bits per heavy atom. The Labute approximate surface area is 146 Å². The molecule has 6 nitrogen and oxygen atoms in total. The minimum Gasteiger partial charge on any atom is -0.494 e. The van der Waals surface area contributed by atoms with Crippen LogP contribution in [0.4, 0.5) is 20.7 Å². The molecule has 7 heteroatoms. The number of aromatic nitrogens is 1. The van der Waals surface area contributed by atoms with Crippen LogP contribution in [0.15, 0.2) is 36.5 Å². The van der Waals surface area contributed by atoms with Crippen molar-refractivity contribution in [3.63, 3.8) is 0 Å². The number of nitrogens with one attached hydrogen (secondary N) is 2. The Hall–Kier alpha value is -2.83. The Morgan fingerprint density at radius 1 is 1.40 bits per heavy atom. The van der Waals surface area contributed by atoms with Crippen LogP contribution in [0.5, 0.6) is 5.75 Å². The number of hydrogen-bond acceptors (Lipinski definition) is 4. The summed E-state index contributed by atoms with van der Waals surface area (Å²) in [6.45, 7) is 3.31. The predicted molar refractivity (Wildman–Crippen MR) is 94.7 cm³/mol. The van der Waals surface area contributed by atoms with E-state index in [0.717, 1.165) is 24.3 Å². The van der Waals surface area contributed by atoms with E-state index in [0.29, 0.717) is 12.2 Å². The lowest BCUT2D eigenvalue weighted by molar-refractivity contribution is 0.249. The molecule has 0 bridgehead atoms. The summed E-state index contributed by atoms with van der Waals surface area (Å²) in [6.07, 6.45) is 2.59. The number of rotatable bonds is 4. The second kappa shape index (κ2) is 7.38. The Balaban J connectivity index is 1.58. The number of carbonyl (C=O) groups excluding carboxylic acids is 1. The maximum absolute atomic E-state index is 13.8. The molecular formula is C18H21FN4O2. The minimum absolute atomic E-state index is 0.0189. The van der Waals surface area contributed by atoms with E-state index in [9.17, 15) is 9.18 Å². The van der Waals surface area contributed by atoms with Crippen LogP contribution in [0.2, 0.25) is 0 Å². The number of methoxy groups -OCH3 is 1. The number of carbonyl (C=O) groups is 1. The van der Waals surface area contributed by atoms with Crippen LogP contribution in [0.25, 0.3) is 0 Å². The molecule has 0 saturated carbocycles. The van der Waals surface area contributed by atoms with Gasteiger partial charge in [0.1, 0.15) is 5.82 Å². The van der Waals surface area contributed by atoms with Crippen LogP contribution >= 0.6 is 0 Å². The van der Waals surface area contributed by atoms with E-state index in [1.54, 1.807) is 19.2 Å². The highest BCUT2D eigenvalue weighted by Gasteiger charge is 2.24. The van der Waals surface area contributed by atoms with E-state index >= 15 is 0 Å². The molecule has 0 spiro atoms. The van der Waals surface area contributed by atoms with Crippen molar-refractivity contribution in [3.05, 3.63) is 47.9 Å². The lowest BCUT2D eigenvalue weighted by atomic mass is 10.2. The molecule has 3 rings (SSSR count). The molecular weight excluding hydrogens is 323 g/mol. The first-order valence-corrected chi connectivity index (χ1v) is 8.14. The van der Waals surface area contributed by atoms with Crippen LogP contribution in [0.1, 0.15) is 12.0 Å². The summed E-state index contributed by atoms with van der Waals surface area (Å²) in [5.41, 5.74) is 1.16. The van der Waals surface area contributed by atoms with Crippen molar-refractivity contribution in [1.82, 2.24) is 10.3 Å². The van der Waals surface area contributed by atoms with Crippen LogP contribution in [-0.4, -0.2) is 37.3 Å². The lowest BCUT2D eigenvalue weighted by Crippen LogP contribution is -2.40. The van der Waals surface area contributed by atoms with Gasteiger partial charge in [-0.05, 0) is 37.1 Å². The van der Waals surface area contributed by atoms with E-state index in [-0.39, 0.29) is 17.8 Å². The van der Waals surface area contributed by atoms with E-state index < -0.39 is 5.82 Å². The third kappa shape index (κ3) is 3.99. The Kier molecular flexibility index (Phi) is 5.02. The van der Waals surface area contributed by atoms with Crippen molar-refractivity contribution in [1.29, 1.82) is 0 Å². The van der Waals surface area contributed by atoms with Gasteiger partial charge in [0.25, 0.3) is 0 Å². The molecule has 132 valence electrons. The quantitative estimate of drug-likeness (QED) is 0.895. The molecule has 1 aliphatic heterocycles. The molecule has 1 atom stereocenters. The van der Waals surface area contributed by atoms with Gasteiger partial charge in [0.15, 0.2) is 11.6 Å². The third-order valence-corrected chi connectivity index (χ3v) is 4.24. The van der Waals surface area contributed by atoms with E-state index in [1.165, 1.54) is 13.2 Å². The predicted octanol–water partition coefficient (Wildman–Crippen LogP) is 2.94. The lowest BCUT2D eigenvalue weighted by Gasteiger charge is -2.18. The fourth-order valence-corrected chi connectivity index (χ4v) is 2.92. The molecule has 1 aromatic heterocycles. The van der Waals surface area contributed by atoms with E-state index in [2.05, 4.69) is 20.5 Å². The first kappa shape index (κ1) is 17.0. The zero-order chi connectivity index (χ0) is 17.8. The number of amides is 2. The Morgan fingerprint density at radius 3 is 2.96 bits per heavy atom. The summed E-state index contributed by atoms with van der Waals surface area (Å²) in [7, 11) is 1.41. The number of aryl methyl sites for hydroxylation is 1. The molecule has 0 aliphatic carbocycles. The van der Waals surface area contributed by atoms with Crippen molar-refractivity contribution < 1.29 is 13.9 Å². The molecule has 25 heavy (non-hydrogen) atoms. The zero-order valence-corrected chi connectivity index (χ0v) is 14.3. The smallest absolute Gasteiger partial charge is 0.319 e. The molecule has 2 heterocycles. The summed E-state index contributed by atoms with van der Waals surface area (Å²) in [5, 5.41) is 5.63. The van der Waals surface area contributed by atoms with Gasteiger partial charge in [-0.1, -0.05) is 6.07 Å². The number of ether oxygens (including phenoxy) is 1. The summed E-state index contributed by atoms with van der Waals surface area (Å²) < 4.78 is 18.7. The average Bonchev–Trinajstić information content (AvgIpc) is 3.07. The normalized spacial score (nSPS) is 16.6. The molecule has 1 fully saturated rings. The molecule has 1 aliphatic rings. The van der Waals surface area contributed by atoms with Gasteiger partial charge < -0.3 is 20.3 Å². The fourth-order valence-electron chi connectivity index (χ4n) is 2.92. The van der Waals surface area contributed by atoms with Crippen LogP contribution in [0, 0.1) is 12.7 Å². The van der Waals surface area contributed by atoms with Crippen molar-refractivity contribution in [3.8, 4) is 5.75 Å². The van der Waals surface area contributed by atoms with Crippen molar-refractivity contribution in [2.45, 2.75) is 19.4 Å². The summed E-state index contributed by atoms with van der Waals surface area (Å²) >= 11 is 0. The molecule has 0 radical (unpaired) electrons. The van der Waals surface area contributed by atoms with Crippen LogP contribution in [0.3, 0.4) is 0 Å².